The molecule has 1 aliphatic heterocycles. The molecule has 1 aliphatic rings. The van der Waals surface area contributed by atoms with Gasteiger partial charge in [-0.15, -0.1) is 0 Å². The van der Waals surface area contributed by atoms with Gasteiger partial charge in [0, 0.05) is 5.39 Å². The number of benzene rings is 2. The molecule has 1 atom stereocenters. The van der Waals surface area contributed by atoms with Gasteiger partial charge in [0.05, 0.1) is 4.47 Å². The van der Waals surface area contributed by atoms with E-state index in [1.165, 1.54) is 5.56 Å². The standard InChI is InChI=1S/C14H13BrO2/c1-8-3-5-10-12-9(8)4-6-11(15)13(12)17-7-14(10,2)16/h3-6,16H,7H2,1-2H3. The summed E-state index contributed by atoms with van der Waals surface area (Å²) >= 11 is 3.50. The number of aliphatic hydroxyl groups is 1. The van der Waals surface area contributed by atoms with E-state index in [9.17, 15) is 5.11 Å². The first-order valence-electron chi connectivity index (χ1n) is 5.58. The number of hydrogen-bond donors (Lipinski definition) is 1. The molecule has 1 unspecified atom stereocenters. The van der Waals surface area contributed by atoms with E-state index in [-0.39, 0.29) is 0 Å². The largest absolute Gasteiger partial charge is 0.488 e. The molecule has 1 N–H and O–H groups in total. The van der Waals surface area contributed by atoms with Gasteiger partial charge >= 0.3 is 0 Å². The van der Waals surface area contributed by atoms with Crippen molar-refractivity contribution in [2.75, 3.05) is 6.61 Å². The zero-order valence-corrected chi connectivity index (χ0v) is 11.3. The Hall–Kier alpha value is -1.06. The maximum atomic E-state index is 10.4. The number of aryl methyl sites for hydroxylation is 1. The molecular weight excluding hydrogens is 280 g/mol. The van der Waals surface area contributed by atoms with Crippen molar-refractivity contribution in [1.82, 2.24) is 0 Å². The van der Waals surface area contributed by atoms with Gasteiger partial charge in [0.1, 0.15) is 18.0 Å². The van der Waals surface area contributed by atoms with Crippen molar-refractivity contribution in [2.45, 2.75) is 19.4 Å². The maximum Gasteiger partial charge on any atom is 0.141 e. The summed E-state index contributed by atoms with van der Waals surface area (Å²) in [5.41, 5.74) is 1.22. The van der Waals surface area contributed by atoms with Crippen LogP contribution in [0, 0.1) is 6.92 Å². The van der Waals surface area contributed by atoms with Crippen LogP contribution < -0.4 is 4.74 Å². The SMILES string of the molecule is Cc1ccc2c3c(c(Br)ccc13)OCC2(C)O. The summed E-state index contributed by atoms with van der Waals surface area (Å²) in [6, 6.07) is 8.10. The molecule has 1 heterocycles. The first kappa shape index (κ1) is 11.1. The van der Waals surface area contributed by atoms with Crippen LogP contribution in [-0.4, -0.2) is 11.7 Å². The van der Waals surface area contributed by atoms with E-state index < -0.39 is 5.60 Å². The van der Waals surface area contributed by atoms with E-state index in [0.29, 0.717) is 6.61 Å². The average molecular weight is 293 g/mol. The van der Waals surface area contributed by atoms with E-state index in [0.717, 1.165) is 26.6 Å². The molecule has 17 heavy (non-hydrogen) atoms. The molecular formula is C14H13BrO2. The molecule has 3 rings (SSSR count). The molecule has 0 aromatic heterocycles. The number of rotatable bonds is 0. The highest BCUT2D eigenvalue weighted by Crippen LogP contribution is 2.44. The average Bonchev–Trinajstić information content (AvgIpc) is 2.27. The van der Waals surface area contributed by atoms with Crippen LogP contribution in [-0.2, 0) is 5.60 Å². The van der Waals surface area contributed by atoms with Gasteiger partial charge in [-0.1, -0.05) is 18.2 Å². The van der Waals surface area contributed by atoms with E-state index in [2.05, 4.69) is 35.0 Å². The fourth-order valence-electron chi connectivity index (χ4n) is 2.42. The van der Waals surface area contributed by atoms with Gasteiger partial charge in [-0.25, -0.2) is 0 Å². The lowest BCUT2D eigenvalue weighted by Crippen LogP contribution is -2.32. The quantitative estimate of drug-likeness (QED) is 0.805. The second-order valence-electron chi connectivity index (χ2n) is 4.79. The van der Waals surface area contributed by atoms with Crippen LogP contribution in [0.1, 0.15) is 18.1 Å². The van der Waals surface area contributed by atoms with Crippen molar-refractivity contribution in [1.29, 1.82) is 0 Å². The molecule has 0 spiro atoms. The minimum atomic E-state index is -0.917. The van der Waals surface area contributed by atoms with E-state index in [1.54, 1.807) is 6.92 Å². The fourth-order valence-corrected chi connectivity index (χ4v) is 2.86. The summed E-state index contributed by atoms with van der Waals surface area (Å²) in [5.74, 6) is 0.840. The Bertz CT molecular complexity index is 617. The zero-order chi connectivity index (χ0) is 12.2. The van der Waals surface area contributed by atoms with Gasteiger partial charge in [0.15, 0.2) is 0 Å². The van der Waals surface area contributed by atoms with E-state index in [1.807, 2.05) is 12.1 Å². The summed E-state index contributed by atoms with van der Waals surface area (Å²) in [5, 5.41) is 12.5. The first-order chi connectivity index (χ1) is 8.00. The van der Waals surface area contributed by atoms with Crippen molar-refractivity contribution in [2.24, 2.45) is 0 Å². The maximum absolute atomic E-state index is 10.4. The number of halogens is 1. The van der Waals surface area contributed by atoms with Gasteiger partial charge in [0.25, 0.3) is 0 Å². The minimum Gasteiger partial charge on any atom is -0.488 e. The predicted molar refractivity (Wildman–Crippen MR) is 71.5 cm³/mol. The molecule has 0 saturated carbocycles. The second kappa shape index (κ2) is 3.47. The Labute approximate surface area is 108 Å². The van der Waals surface area contributed by atoms with Crippen LogP contribution in [0.2, 0.25) is 0 Å². The third-order valence-electron chi connectivity index (χ3n) is 3.38. The third kappa shape index (κ3) is 1.49. The molecule has 2 aromatic rings. The van der Waals surface area contributed by atoms with Crippen LogP contribution in [0.4, 0.5) is 0 Å². The molecule has 0 aliphatic carbocycles. The Kier molecular flexibility index (Phi) is 2.25. The third-order valence-corrected chi connectivity index (χ3v) is 4.01. The van der Waals surface area contributed by atoms with Gasteiger partial charge in [-0.05, 0) is 52.4 Å². The highest BCUT2D eigenvalue weighted by atomic mass is 79.9. The monoisotopic (exact) mass is 292 g/mol. The second-order valence-corrected chi connectivity index (χ2v) is 5.65. The Balaban J connectivity index is 2.52. The van der Waals surface area contributed by atoms with Gasteiger partial charge in [-0.3, -0.25) is 0 Å². The topological polar surface area (TPSA) is 29.5 Å². The molecule has 3 heteroatoms. The summed E-state index contributed by atoms with van der Waals surface area (Å²) < 4.78 is 6.64. The van der Waals surface area contributed by atoms with Crippen LogP contribution in [0.3, 0.4) is 0 Å². The van der Waals surface area contributed by atoms with Crippen molar-refractivity contribution < 1.29 is 9.84 Å². The summed E-state index contributed by atoms with van der Waals surface area (Å²) in [7, 11) is 0. The zero-order valence-electron chi connectivity index (χ0n) is 9.75. The molecule has 0 radical (unpaired) electrons. The van der Waals surface area contributed by atoms with Crippen molar-refractivity contribution in [3.63, 3.8) is 0 Å². The van der Waals surface area contributed by atoms with E-state index >= 15 is 0 Å². The van der Waals surface area contributed by atoms with Crippen LogP contribution in [0.15, 0.2) is 28.7 Å². The molecule has 0 saturated heterocycles. The highest BCUT2D eigenvalue weighted by Gasteiger charge is 2.32. The smallest absolute Gasteiger partial charge is 0.141 e. The van der Waals surface area contributed by atoms with Gasteiger partial charge in [0.2, 0.25) is 0 Å². The molecule has 2 nitrogen and oxygen atoms in total. The van der Waals surface area contributed by atoms with E-state index in [4.69, 9.17) is 4.74 Å². The molecule has 0 amide bonds. The Morgan fingerprint density at radius 2 is 2.06 bits per heavy atom. The van der Waals surface area contributed by atoms with Gasteiger partial charge in [-0.2, -0.15) is 0 Å². The molecule has 88 valence electrons. The lowest BCUT2D eigenvalue weighted by atomic mass is 9.87. The van der Waals surface area contributed by atoms with Crippen molar-refractivity contribution in [3.05, 3.63) is 39.9 Å². The highest BCUT2D eigenvalue weighted by molar-refractivity contribution is 9.10. The lowest BCUT2D eigenvalue weighted by molar-refractivity contribution is 0.00348. The van der Waals surface area contributed by atoms with Crippen LogP contribution in [0.5, 0.6) is 5.75 Å². The number of ether oxygens (including phenoxy) is 1. The Morgan fingerprint density at radius 3 is 2.82 bits per heavy atom. The molecule has 0 fully saturated rings. The van der Waals surface area contributed by atoms with Crippen LogP contribution >= 0.6 is 15.9 Å². The minimum absolute atomic E-state index is 0.292. The number of hydrogen-bond acceptors (Lipinski definition) is 2. The van der Waals surface area contributed by atoms with Crippen molar-refractivity contribution >= 4 is 26.7 Å². The normalized spacial score (nSPS) is 22.6. The lowest BCUT2D eigenvalue weighted by Gasteiger charge is -2.32. The summed E-state index contributed by atoms with van der Waals surface area (Å²) in [4.78, 5) is 0. The predicted octanol–water partition coefficient (Wildman–Crippen LogP) is 3.51. The molecule has 2 aromatic carbocycles. The van der Waals surface area contributed by atoms with Gasteiger partial charge < -0.3 is 9.84 Å². The van der Waals surface area contributed by atoms with Crippen molar-refractivity contribution in [3.8, 4) is 5.75 Å². The summed E-state index contributed by atoms with van der Waals surface area (Å²) in [6.07, 6.45) is 0. The Morgan fingerprint density at radius 1 is 1.29 bits per heavy atom. The molecule has 0 bridgehead atoms. The summed E-state index contributed by atoms with van der Waals surface area (Å²) in [6.45, 7) is 4.15. The fraction of sp³-hybridized carbons (Fsp3) is 0.286. The first-order valence-corrected chi connectivity index (χ1v) is 6.37. The van der Waals surface area contributed by atoms with Crippen LogP contribution in [0.25, 0.3) is 10.8 Å².